The fourth-order valence-electron chi connectivity index (χ4n) is 2.09. The van der Waals surface area contributed by atoms with Gasteiger partial charge in [0.05, 0.1) is 0 Å². The molecule has 0 atom stereocenters. The molecule has 6 nitrogen and oxygen atoms in total. The number of rotatable bonds is 5. The Kier molecular flexibility index (Phi) is 4.05. The lowest BCUT2D eigenvalue weighted by atomic mass is 10.1. The van der Waals surface area contributed by atoms with Crippen molar-refractivity contribution in [3.8, 4) is 28.6 Å². The molecule has 23 heavy (non-hydrogen) atoms. The summed E-state index contributed by atoms with van der Waals surface area (Å²) in [6.07, 6.45) is 0. The molecular weight excluding hydrogens is 294 g/mol. The lowest BCUT2D eigenvalue weighted by Gasteiger charge is -2.03. The van der Waals surface area contributed by atoms with Crippen LogP contribution in [0.1, 0.15) is 5.56 Å². The van der Waals surface area contributed by atoms with Crippen LogP contribution >= 0.6 is 0 Å². The number of aromatic nitrogens is 2. The molecule has 116 valence electrons. The van der Waals surface area contributed by atoms with E-state index >= 15 is 0 Å². The summed E-state index contributed by atoms with van der Waals surface area (Å²) in [6.45, 7) is 1.85. The van der Waals surface area contributed by atoms with Gasteiger partial charge in [-0.1, -0.05) is 22.9 Å². The number of carbonyl (C=O) groups is 1. The number of ether oxygens (including phenoxy) is 1. The van der Waals surface area contributed by atoms with Crippen LogP contribution in [-0.2, 0) is 4.79 Å². The third-order valence-corrected chi connectivity index (χ3v) is 3.18. The summed E-state index contributed by atoms with van der Waals surface area (Å²) >= 11 is 0. The number of hydrogen-bond donors (Lipinski definition) is 1. The van der Waals surface area contributed by atoms with Crippen molar-refractivity contribution < 1.29 is 14.1 Å². The van der Waals surface area contributed by atoms with E-state index in [1.165, 1.54) is 0 Å². The molecule has 0 saturated heterocycles. The van der Waals surface area contributed by atoms with Gasteiger partial charge in [0.25, 0.3) is 11.8 Å². The zero-order valence-electron chi connectivity index (χ0n) is 12.5. The van der Waals surface area contributed by atoms with Crippen LogP contribution in [0.15, 0.2) is 53.1 Å². The maximum absolute atomic E-state index is 10.7. The topological polar surface area (TPSA) is 91.2 Å². The average molecular weight is 309 g/mol. The summed E-state index contributed by atoms with van der Waals surface area (Å²) in [7, 11) is 0. The molecule has 0 aliphatic rings. The van der Waals surface area contributed by atoms with Crippen LogP contribution < -0.4 is 10.5 Å². The first-order chi connectivity index (χ1) is 11.1. The monoisotopic (exact) mass is 309 g/mol. The van der Waals surface area contributed by atoms with Gasteiger partial charge in [0.1, 0.15) is 5.75 Å². The van der Waals surface area contributed by atoms with E-state index in [2.05, 4.69) is 10.1 Å². The number of primary amides is 1. The maximum atomic E-state index is 10.7. The molecule has 0 fully saturated rings. The lowest BCUT2D eigenvalue weighted by Crippen LogP contribution is -2.19. The highest BCUT2D eigenvalue weighted by Crippen LogP contribution is 2.24. The fourth-order valence-corrected chi connectivity index (χ4v) is 2.09. The summed E-state index contributed by atoms with van der Waals surface area (Å²) in [5, 5.41) is 4.00. The molecule has 0 radical (unpaired) electrons. The SMILES string of the molecule is Cc1cccc(-c2nc(-c3ccc(OCC(N)=O)cc3)no2)c1. The van der Waals surface area contributed by atoms with E-state index in [1.54, 1.807) is 24.3 Å². The van der Waals surface area contributed by atoms with Crippen molar-refractivity contribution in [3.05, 3.63) is 54.1 Å². The standard InChI is InChI=1S/C17H15N3O3/c1-11-3-2-4-13(9-11)17-19-16(20-23-17)12-5-7-14(8-6-12)22-10-15(18)21/h2-9H,10H2,1H3,(H2,18,21). The van der Waals surface area contributed by atoms with Gasteiger partial charge in [-0.25, -0.2) is 0 Å². The first kappa shape index (κ1) is 14.8. The Bertz CT molecular complexity index is 825. The number of benzene rings is 2. The van der Waals surface area contributed by atoms with Crippen LogP contribution in [0, 0.1) is 6.92 Å². The van der Waals surface area contributed by atoms with Crippen molar-refractivity contribution >= 4 is 5.91 Å². The highest BCUT2D eigenvalue weighted by Gasteiger charge is 2.11. The van der Waals surface area contributed by atoms with E-state index in [-0.39, 0.29) is 6.61 Å². The summed E-state index contributed by atoms with van der Waals surface area (Å²) in [5.74, 6) is 0.991. The van der Waals surface area contributed by atoms with Gasteiger partial charge in [-0.2, -0.15) is 4.98 Å². The number of amides is 1. The van der Waals surface area contributed by atoms with Crippen LogP contribution in [-0.4, -0.2) is 22.7 Å². The molecule has 1 aromatic heterocycles. The second-order valence-electron chi connectivity index (χ2n) is 5.07. The number of nitrogens with two attached hydrogens (primary N) is 1. The van der Waals surface area contributed by atoms with Gasteiger partial charge in [0, 0.05) is 11.1 Å². The molecule has 3 aromatic rings. The molecule has 0 unspecified atom stereocenters. The molecule has 3 rings (SSSR count). The Labute approximate surface area is 132 Å². The first-order valence-corrected chi connectivity index (χ1v) is 7.04. The molecule has 1 heterocycles. The van der Waals surface area contributed by atoms with E-state index in [4.69, 9.17) is 15.0 Å². The van der Waals surface area contributed by atoms with Crippen molar-refractivity contribution in [2.75, 3.05) is 6.61 Å². The Morgan fingerprint density at radius 2 is 1.96 bits per heavy atom. The predicted molar refractivity (Wildman–Crippen MR) is 84.6 cm³/mol. The van der Waals surface area contributed by atoms with E-state index < -0.39 is 5.91 Å². The van der Waals surface area contributed by atoms with E-state index in [0.29, 0.717) is 17.5 Å². The van der Waals surface area contributed by atoms with Crippen LogP contribution in [0.3, 0.4) is 0 Å². The molecule has 0 aliphatic heterocycles. The van der Waals surface area contributed by atoms with Crippen molar-refractivity contribution in [1.82, 2.24) is 10.1 Å². The molecule has 0 saturated carbocycles. The number of nitrogens with zero attached hydrogens (tertiary/aromatic N) is 2. The molecule has 6 heteroatoms. The molecule has 0 spiro atoms. The molecule has 0 bridgehead atoms. The maximum Gasteiger partial charge on any atom is 0.258 e. The Morgan fingerprint density at radius 1 is 1.17 bits per heavy atom. The zero-order chi connectivity index (χ0) is 16.2. The van der Waals surface area contributed by atoms with Gasteiger partial charge >= 0.3 is 0 Å². The number of hydrogen-bond acceptors (Lipinski definition) is 5. The first-order valence-electron chi connectivity index (χ1n) is 7.04. The molecular formula is C17H15N3O3. The Hall–Kier alpha value is -3.15. The highest BCUT2D eigenvalue weighted by atomic mass is 16.5. The molecule has 2 N–H and O–H groups in total. The third-order valence-electron chi connectivity index (χ3n) is 3.18. The summed E-state index contributed by atoms with van der Waals surface area (Å²) < 4.78 is 10.5. The Balaban J connectivity index is 1.79. The van der Waals surface area contributed by atoms with Crippen molar-refractivity contribution in [3.63, 3.8) is 0 Å². The highest BCUT2D eigenvalue weighted by molar-refractivity contribution is 5.75. The molecule has 1 amide bonds. The summed E-state index contributed by atoms with van der Waals surface area (Å²) in [5.41, 5.74) is 7.83. The van der Waals surface area contributed by atoms with Crippen molar-refractivity contribution in [2.45, 2.75) is 6.92 Å². The van der Waals surface area contributed by atoms with Crippen molar-refractivity contribution in [2.24, 2.45) is 5.73 Å². The van der Waals surface area contributed by atoms with Gasteiger partial charge in [-0.05, 0) is 43.3 Å². The second kappa shape index (κ2) is 6.31. The molecule has 2 aromatic carbocycles. The third kappa shape index (κ3) is 3.55. The van der Waals surface area contributed by atoms with Crippen LogP contribution in [0.5, 0.6) is 5.75 Å². The second-order valence-corrected chi connectivity index (χ2v) is 5.07. The van der Waals surface area contributed by atoms with Gasteiger partial charge in [0.15, 0.2) is 6.61 Å². The lowest BCUT2D eigenvalue weighted by molar-refractivity contribution is -0.119. The fraction of sp³-hybridized carbons (Fsp3) is 0.118. The summed E-state index contributed by atoms with van der Waals surface area (Å²) in [4.78, 5) is 15.1. The zero-order valence-corrected chi connectivity index (χ0v) is 12.5. The van der Waals surface area contributed by atoms with E-state index in [9.17, 15) is 4.79 Å². The van der Waals surface area contributed by atoms with E-state index in [0.717, 1.165) is 16.7 Å². The van der Waals surface area contributed by atoms with Gasteiger partial charge in [-0.3, -0.25) is 4.79 Å². The predicted octanol–water partition coefficient (Wildman–Crippen LogP) is 2.58. The normalized spacial score (nSPS) is 10.5. The molecule has 0 aliphatic carbocycles. The van der Waals surface area contributed by atoms with Crippen LogP contribution in [0.4, 0.5) is 0 Å². The van der Waals surface area contributed by atoms with Crippen LogP contribution in [0.25, 0.3) is 22.8 Å². The van der Waals surface area contributed by atoms with Gasteiger partial charge in [-0.15, -0.1) is 0 Å². The summed E-state index contributed by atoms with van der Waals surface area (Å²) in [6, 6.07) is 14.9. The minimum atomic E-state index is -0.518. The van der Waals surface area contributed by atoms with Crippen LogP contribution in [0.2, 0.25) is 0 Å². The number of aryl methyl sites for hydroxylation is 1. The Morgan fingerprint density at radius 3 is 2.65 bits per heavy atom. The quantitative estimate of drug-likeness (QED) is 0.782. The smallest absolute Gasteiger partial charge is 0.258 e. The van der Waals surface area contributed by atoms with Gasteiger partial charge < -0.3 is 15.0 Å². The minimum Gasteiger partial charge on any atom is -0.484 e. The van der Waals surface area contributed by atoms with Gasteiger partial charge in [0.2, 0.25) is 5.82 Å². The average Bonchev–Trinajstić information content (AvgIpc) is 3.03. The minimum absolute atomic E-state index is 0.154. The largest absolute Gasteiger partial charge is 0.484 e. The number of carbonyl (C=O) groups excluding carboxylic acids is 1. The van der Waals surface area contributed by atoms with E-state index in [1.807, 2.05) is 31.2 Å². The van der Waals surface area contributed by atoms with Crippen molar-refractivity contribution in [1.29, 1.82) is 0 Å².